The maximum atomic E-state index is 10.9. The molecule has 0 bridgehead atoms. The first kappa shape index (κ1) is 9.96. The van der Waals surface area contributed by atoms with Crippen molar-refractivity contribution in [2.24, 2.45) is 11.8 Å². The van der Waals surface area contributed by atoms with E-state index in [2.05, 4.69) is 9.88 Å². The highest BCUT2D eigenvalue weighted by molar-refractivity contribution is 5.72. The minimum Gasteiger partial charge on any atom is -0.481 e. The van der Waals surface area contributed by atoms with Crippen molar-refractivity contribution in [1.29, 1.82) is 0 Å². The topological polar surface area (TPSA) is 53.4 Å². The minimum absolute atomic E-state index is 0.204. The van der Waals surface area contributed by atoms with Crippen molar-refractivity contribution < 1.29 is 9.90 Å². The van der Waals surface area contributed by atoms with Gasteiger partial charge in [0.25, 0.3) is 0 Å². The van der Waals surface area contributed by atoms with Crippen molar-refractivity contribution in [1.82, 2.24) is 4.98 Å². The molecule has 1 aliphatic heterocycles. The molecule has 0 unspecified atom stereocenters. The van der Waals surface area contributed by atoms with Gasteiger partial charge >= 0.3 is 5.97 Å². The minimum atomic E-state index is -0.695. The summed E-state index contributed by atoms with van der Waals surface area (Å²) in [5, 5.41) is 9.01. The molecule has 0 saturated carbocycles. The molecular weight excluding hydrogens is 192 g/mol. The number of carbonyl (C=O) groups is 1. The van der Waals surface area contributed by atoms with E-state index in [0.29, 0.717) is 6.54 Å². The first-order valence-corrected chi connectivity index (χ1v) is 5.06. The molecule has 1 fully saturated rings. The summed E-state index contributed by atoms with van der Waals surface area (Å²) in [5.41, 5.74) is 1.06. The van der Waals surface area contributed by atoms with Crippen LogP contribution in [0.15, 0.2) is 24.5 Å². The van der Waals surface area contributed by atoms with Crippen LogP contribution in [0.1, 0.15) is 6.92 Å². The Labute approximate surface area is 88.6 Å². The van der Waals surface area contributed by atoms with Gasteiger partial charge in [0, 0.05) is 31.2 Å². The quantitative estimate of drug-likeness (QED) is 0.791. The van der Waals surface area contributed by atoms with Crippen LogP contribution in [-0.2, 0) is 4.79 Å². The number of hydrogen-bond donors (Lipinski definition) is 1. The molecule has 0 radical (unpaired) electrons. The molecule has 1 aliphatic rings. The number of anilines is 1. The second kappa shape index (κ2) is 3.88. The zero-order valence-corrected chi connectivity index (χ0v) is 8.63. The Morgan fingerprint density at radius 1 is 1.47 bits per heavy atom. The Bertz CT molecular complexity index is 353. The molecule has 0 aliphatic carbocycles. The lowest BCUT2D eigenvalue weighted by molar-refractivity contribution is -0.142. The van der Waals surface area contributed by atoms with Gasteiger partial charge in [0.1, 0.15) is 0 Å². The van der Waals surface area contributed by atoms with Crippen LogP contribution in [0.2, 0.25) is 0 Å². The van der Waals surface area contributed by atoms with E-state index < -0.39 is 5.97 Å². The van der Waals surface area contributed by atoms with Gasteiger partial charge in [-0.3, -0.25) is 9.78 Å². The molecule has 0 aromatic carbocycles. The molecule has 0 spiro atoms. The predicted molar refractivity (Wildman–Crippen MR) is 56.7 cm³/mol. The highest BCUT2D eigenvalue weighted by Crippen LogP contribution is 2.27. The summed E-state index contributed by atoms with van der Waals surface area (Å²) < 4.78 is 0. The summed E-state index contributed by atoms with van der Waals surface area (Å²) in [7, 11) is 0. The van der Waals surface area contributed by atoms with Gasteiger partial charge in [-0.15, -0.1) is 0 Å². The second-order valence-corrected chi connectivity index (χ2v) is 4.03. The van der Waals surface area contributed by atoms with Crippen LogP contribution in [0.25, 0.3) is 0 Å². The largest absolute Gasteiger partial charge is 0.481 e. The molecule has 1 N–H and O–H groups in total. The van der Waals surface area contributed by atoms with Crippen molar-refractivity contribution in [2.75, 3.05) is 18.0 Å². The van der Waals surface area contributed by atoms with E-state index in [0.717, 1.165) is 12.2 Å². The number of aliphatic carboxylic acids is 1. The number of hydrogen-bond acceptors (Lipinski definition) is 3. The third-order valence-corrected chi connectivity index (χ3v) is 2.96. The fourth-order valence-corrected chi connectivity index (χ4v) is 2.05. The number of carboxylic acids is 1. The Kier molecular flexibility index (Phi) is 2.58. The number of pyridine rings is 1. The van der Waals surface area contributed by atoms with Gasteiger partial charge in [-0.2, -0.15) is 0 Å². The van der Waals surface area contributed by atoms with Gasteiger partial charge in [0.05, 0.1) is 5.92 Å². The standard InChI is InChI=1S/C11H14N2O2/c1-8-6-13(7-10(8)11(14)15)9-2-4-12-5-3-9/h2-5,8,10H,6-7H2,1H3,(H,14,15)/t8-,10-/m1/s1. The third kappa shape index (κ3) is 1.93. The summed E-state index contributed by atoms with van der Waals surface area (Å²) in [6, 6.07) is 3.83. The zero-order chi connectivity index (χ0) is 10.8. The summed E-state index contributed by atoms with van der Waals surface area (Å²) >= 11 is 0. The summed E-state index contributed by atoms with van der Waals surface area (Å²) in [6.45, 7) is 3.39. The highest BCUT2D eigenvalue weighted by atomic mass is 16.4. The van der Waals surface area contributed by atoms with Crippen molar-refractivity contribution in [2.45, 2.75) is 6.92 Å². The second-order valence-electron chi connectivity index (χ2n) is 4.03. The molecule has 4 heteroatoms. The molecule has 15 heavy (non-hydrogen) atoms. The van der Waals surface area contributed by atoms with Crippen molar-refractivity contribution in [3.8, 4) is 0 Å². The molecule has 2 atom stereocenters. The van der Waals surface area contributed by atoms with Crippen molar-refractivity contribution in [3.05, 3.63) is 24.5 Å². The van der Waals surface area contributed by atoms with E-state index in [4.69, 9.17) is 5.11 Å². The Morgan fingerprint density at radius 3 is 2.67 bits per heavy atom. The summed E-state index contributed by atoms with van der Waals surface area (Å²) in [5.74, 6) is -0.743. The number of nitrogens with zero attached hydrogens (tertiary/aromatic N) is 2. The first-order valence-electron chi connectivity index (χ1n) is 5.06. The van der Waals surface area contributed by atoms with Crippen LogP contribution >= 0.6 is 0 Å². The maximum absolute atomic E-state index is 10.9. The Hall–Kier alpha value is -1.58. The van der Waals surface area contributed by atoms with Crippen molar-refractivity contribution in [3.63, 3.8) is 0 Å². The third-order valence-electron chi connectivity index (χ3n) is 2.96. The molecule has 4 nitrogen and oxygen atoms in total. The molecule has 2 heterocycles. The molecule has 1 aromatic heterocycles. The van der Waals surface area contributed by atoms with E-state index in [1.165, 1.54) is 0 Å². The summed E-state index contributed by atoms with van der Waals surface area (Å²) in [4.78, 5) is 17.0. The lowest BCUT2D eigenvalue weighted by Crippen LogP contribution is -2.22. The van der Waals surface area contributed by atoms with Gasteiger partial charge in [0.2, 0.25) is 0 Å². The predicted octanol–water partition coefficient (Wildman–Crippen LogP) is 1.24. The first-order chi connectivity index (χ1) is 7.18. The van der Waals surface area contributed by atoms with E-state index in [1.54, 1.807) is 12.4 Å². The van der Waals surface area contributed by atoms with Crippen LogP contribution in [0.4, 0.5) is 5.69 Å². The average molecular weight is 206 g/mol. The van der Waals surface area contributed by atoms with Gasteiger partial charge in [-0.1, -0.05) is 6.92 Å². The highest BCUT2D eigenvalue weighted by Gasteiger charge is 2.34. The van der Waals surface area contributed by atoms with Crippen LogP contribution in [0.3, 0.4) is 0 Å². The molecule has 0 amide bonds. The van der Waals surface area contributed by atoms with E-state index in [-0.39, 0.29) is 11.8 Å². The zero-order valence-electron chi connectivity index (χ0n) is 8.63. The monoisotopic (exact) mass is 206 g/mol. The van der Waals surface area contributed by atoms with Gasteiger partial charge < -0.3 is 10.0 Å². The lowest BCUT2D eigenvalue weighted by atomic mass is 9.99. The number of aromatic nitrogens is 1. The smallest absolute Gasteiger partial charge is 0.308 e. The fraction of sp³-hybridized carbons (Fsp3) is 0.455. The number of carboxylic acid groups (broad SMARTS) is 1. The van der Waals surface area contributed by atoms with Gasteiger partial charge in [-0.05, 0) is 18.1 Å². The Balaban J connectivity index is 2.13. The molecule has 1 aromatic rings. The molecule has 2 rings (SSSR count). The van der Waals surface area contributed by atoms with Gasteiger partial charge in [0.15, 0.2) is 0 Å². The number of rotatable bonds is 2. The van der Waals surface area contributed by atoms with E-state index >= 15 is 0 Å². The van der Waals surface area contributed by atoms with Crippen LogP contribution < -0.4 is 4.90 Å². The SMILES string of the molecule is C[C@@H]1CN(c2ccncc2)C[C@H]1C(=O)O. The van der Waals surface area contributed by atoms with Crippen LogP contribution in [0.5, 0.6) is 0 Å². The van der Waals surface area contributed by atoms with Crippen LogP contribution in [0, 0.1) is 11.8 Å². The Morgan fingerprint density at radius 2 is 2.13 bits per heavy atom. The van der Waals surface area contributed by atoms with Crippen molar-refractivity contribution >= 4 is 11.7 Å². The van der Waals surface area contributed by atoms with Gasteiger partial charge in [-0.25, -0.2) is 0 Å². The van der Waals surface area contributed by atoms with E-state index in [1.807, 2.05) is 19.1 Å². The molecular formula is C11H14N2O2. The summed E-state index contributed by atoms with van der Waals surface area (Å²) in [6.07, 6.45) is 3.46. The van der Waals surface area contributed by atoms with E-state index in [9.17, 15) is 4.79 Å². The lowest BCUT2D eigenvalue weighted by Gasteiger charge is -2.17. The molecule has 1 saturated heterocycles. The normalized spacial score (nSPS) is 25.5. The molecule has 80 valence electrons. The fourth-order valence-electron chi connectivity index (χ4n) is 2.05. The average Bonchev–Trinajstić information content (AvgIpc) is 2.62. The maximum Gasteiger partial charge on any atom is 0.308 e. The van der Waals surface area contributed by atoms with Crippen LogP contribution in [-0.4, -0.2) is 29.1 Å².